The molecule has 0 spiro atoms. The van der Waals surface area contributed by atoms with Crippen molar-refractivity contribution in [3.8, 4) is 0 Å². The molecule has 0 bridgehead atoms. The summed E-state index contributed by atoms with van der Waals surface area (Å²) in [5.41, 5.74) is 1.15. The van der Waals surface area contributed by atoms with Gasteiger partial charge in [0, 0.05) is 6.04 Å². The molecule has 0 aromatic heterocycles. The number of nitrogens with zero attached hydrogens (tertiary/aromatic N) is 1. The van der Waals surface area contributed by atoms with E-state index in [-0.39, 0.29) is 6.04 Å². The van der Waals surface area contributed by atoms with Crippen molar-refractivity contribution in [1.29, 1.82) is 0 Å². The SMILES string of the molecule is O=C(C1=CCCCCCC1)C1CCCN1C1CCNCC1. The van der Waals surface area contributed by atoms with Crippen molar-refractivity contribution in [1.82, 2.24) is 10.2 Å². The molecule has 1 unspecified atom stereocenters. The van der Waals surface area contributed by atoms with Crippen LogP contribution in [0.3, 0.4) is 0 Å². The van der Waals surface area contributed by atoms with E-state index in [1.54, 1.807) is 0 Å². The van der Waals surface area contributed by atoms with Crippen LogP contribution in [0.2, 0.25) is 0 Å². The lowest BCUT2D eigenvalue weighted by molar-refractivity contribution is -0.120. The maximum Gasteiger partial charge on any atom is 0.175 e. The zero-order valence-corrected chi connectivity index (χ0v) is 13.3. The fraction of sp³-hybridized carbons (Fsp3) is 0.833. The van der Waals surface area contributed by atoms with Crippen molar-refractivity contribution >= 4 is 5.78 Å². The second-order valence-electron chi connectivity index (χ2n) is 6.92. The summed E-state index contributed by atoms with van der Waals surface area (Å²) in [7, 11) is 0. The number of allylic oxidation sites excluding steroid dienone is 1. The summed E-state index contributed by atoms with van der Waals surface area (Å²) in [4.78, 5) is 15.5. The predicted molar refractivity (Wildman–Crippen MR) is 86.4 cm³/mol. The van der Waals surface area contributed by atoms with Crippen LogP contribution in [0.15, 0.2) is 11.6 Å². The lowest BCUT2D eigenvalue weighted by Crippen LogP contribution is -2.48. The molecule has 2 fully saturated rings. The van der Waals surface area contributed by atoms with Crippen LogP contribution in [0.4, 0.5) is 0 Å². The Morgan fingerprint density at radius 1 is 1.05 bits per heavy atom. The van der Waals surface area contributed by atoms with E-state index in [1.165, 1.54) is 44.9 Å². The van der Waals surface area contributed by atoms with Gasteiger partial charge in [0.2, 0.25) is 0 Å². The zero-order chi connectivity index (χ0) is 14.5. The van der Waals surface area contributed by atoms with E-state index < -0.39 is 0 Å². The van der Waals surface area contributed by atoms with Gasteiger partial charge in [-0.2, -0.15) is 0 Å². The Morgan fingerprint density at radius 3 is 2.71 bits per heavy atom. The third-order valence-corrected chi connectivity index (χ3v) is 5.48. The highest BCUT2D eigenvalue weighted by Gasteiger charge is 2.36. The van der Waals surface area contributed by atoms with Gasteiger partial charge in [0.05, 0.1) is 6.04 Å². The van der Waals surface area contributed by atoms with E-state index in [9.17, 15) is 4.79 Å². The number of piperidine rings is 1. The highest BCUT2D eigenvalue weighted by atomic mass is 16.1. The molecule has 0 amide bonds. The molecule has 1 atom stereocenters. The summed E-state index contributed by atoms with van der Waals surface area (Å²) < 4.78 is 0. The Balaban J connectivity index is 1.66. The number of carbonyl (C=O) groups is 1. The molecule has 118 valence electrons. The van der Waals surface area contributed by atoms with E-state index in [0.29, 0.717) is 11.8 Å². The molecular formula is C18H30N2O. The number of Topliss-reactive ketones (excluding diaryl/α,β-unsaturated/α-hetero) is 1. The van der Waals surface area contributed by atoms with Gasteiger partial charge in [-0.25, -0.2) is 0 Å². The number of likely N-dealkylation sites (tertiary alicyclic amines) is 1. The molecule has 2 saturated heterocycles. The number of hydrogen-bond donors (Lipinski definition) is 1. The first kappa shape index (κ1) is 15.2. The minimum absolute atomic E-state index is 0.193. The first-order valence-corrected chi connectivity index (χ1v) is 9.06. The third kappa shape index (κ3) is 3.75. The van der Waals surface area contributed by atoms with Gasteiger partial charge in [0.25, 0.3) is 0 Å². The van der Waals surface area contributed by atoms with E-state index in [2.05, 4.69) is 16.3 Å². The zero-order valence-electron chi connectivity index (χ0n) is 13.3. The van der Waals surface area contributed by atoms with Crippen LogP contribution in [-0.2, 0) is 4.79 Å². The van der Waals surface area contributed by atoms with Crippen LogP contribution < -0.4 is 5.32 Å². The molecule has 0 aromatic carbocycles. The van der Waals surface area contributed by atoms with Crippen molar-refractivity contribution in [2.24, 2.45) is 0 Å². The number of carbonyl (C=O) groups excluding carboxylic acids is 1. The van der Waals surface area contributed by atoms with Gasteiger partial charge in [-0.05, 0) is 76.6 Å². The van der Waals surface area contributed by atoms with Crippen LogP contribution in [0.25, 0.3) is 0 Å². The van der Waals surface area contributed by atoms with Crippen molar-refractivity contribution in [2.75, 3.05) is 19.6 Å². The van der Waals surface area contributed by atoms with E-state index in [4.69, 9.17) is 0 Å². The summed E-state index contributed by atoms with van der Waals surface area (Å²) in [5.74, 6) is 0.466. The Kier molecular flexibility index (Phi) is 5.48. The Labute approximate surface area is 129 Å². The normalized spacial score (nSPS) is 29.7. The van der Waals surface area contributed by atoms with Gasteiger partial charge in [-0.1, -0.05) is 18.9 Å². The van der Waals surface area contributed by atoms with Crippen LogP contribution in [0.1, 0.15) is 64.2 Å². The van der Waals surface area contributed by atoms with E-state index in [0.717, 1.165) is 44.5 Å². The molecule has 21 heavy (non-hydrogen) atoms. The summed E-state index contributed by atoms with van der Waals surface area (Å²) in [6, 6.07) is 0.829. The average molecular weight is 290 g/mol. The Bertz CT molecular complexity index is 385. The first-order valence-electron chi connectivity index (χ1n) is 9.06. The highest BCUT2D eigenvalue weighted by molar-refractivity contribution is 5.99. The van der Waals surface area contributed by atoms with Crippen LogP contribution in [0, 0.1) is 0 Å². The van der Waals surface area contributed by atoms with Crippen LogP contribution >= 0.6 is 0 Å². The molecule has 3 aliphatic rings. The molecule has 3 nitrogen and oxygen atoms in total. The number of nitrogens with one attached hydrogen (secondary N) is 1. The van der Waals surface area contributed by atoms with Crippen molar-refractivity contribution in [3.63, 3.8) is 0 Å². The Hall–Kier alpha value is -0.670. The van der Waals surface area contributed by atoms with Crippen molar-refractivity contribution in [3.05, 3.63) is 11.6 Å². The summed E-state index contributed by atoms with van der Waals surface area (Å²) in [6.07, 6.45) is 14.2. The monoisotopic (exact) mass is 290 g/mol. The van der Waals surface area contributed by atoms with Gasteiger partial charge in [0.15, 0.2) is 5.78 Å². The quantitative estimate of drug-likeness (QED) is 0.867. The van der Waals surface area contributed by atoms with Crippen molar-refractivity contribution < 1.29 is 4.79 Å². The smallest absolute Gasteiger partial charge is 0.175 e. The van der Waals surface area contributed by atoms with Gasteiger partial charge in [0.1, 0.15) is 0 Å². The fourth-order valence-corrected chi connectivity index (χ4v) is 4.28. The Morgan fingerprint density at radius 2 is 1.86 bits per heavy atom. The third-order valence-electron chi connectivity index (χ3n) is 5.48. The molecular weight excluding hydrogens is 260 g/mol. The van der Waals surface area contributed by atoms with Gasteiger partial charge in [-0.15, -0.1) is 0 Å². The number of rotatable bonds is 3. The van der Waals surface area contributed by atoms with Crippen molar-refractivity contribution in [2.45, 2.75) is 76.3 Å². The minimum atomic E-state index is 0.193. The standard InChI is InChI=1S/C18H30N2O/c21-18(15-7-4-2-1-3-5-8-15)17-9-6-14-20(17)16-10-12-19-13-11-16/h7,16-17,19H,1-6,8-14H2. The molecule has 2 aliphatic heterocycles. The minimum Gasteiger partial charge on any atom is -0.317 e. The van der Waals surface area contributed by atoms with Gasteiger partial charge in [-0.3, -0.25) is 9.69 Å². The first-order chi connectivity index (χ1) is 10.4. The number of ketones is 1. The topological polar surface area (TPSA) is 32.3 Å². The van der Waals surface area contributed by atoms with Gasteiger partial charge < -0.3 is 5.32 Å². The molecule has 3 heteroatoms. The average Bonchev–Trinajstić information content (AvgIpc) is 2.96. The van der Waals surface area contributed by atoms with Gasteiger partial charge >= 0.3 is 0 Å². The maximum atomic E-state index is 13.0. The summed E-state index contributed by atoms with van der Waals surface area (Å²) >= 11 is 0. The molecule has 3 rings (SSSR count). The van der Waals surface area contributed by atoms with Crippen LogP contribution in [0.5, 0.6) is 0 Å². The predicted octanol–water partition coefficient (Wildman–Crippen LogP) is 3.05. The number of hydrogen-bond acceptors (Lipinski definition) is 3. The maximum absolute atomic E-state index is 13.0. The fourth-order valence-electron chi connectivity index (χ4n) is 4.28. The second kappa shape index (κ2) is 7.55. The molecule has 0 saturated carbocycles. The summed E-state index contributed by atoms with van der Waals surface area (Å²) in [5, 5.41) is 3.44. The second-order valence-corrected chi connectivity index (χ2v) is 6.92. The molecule has 1 aliphatic carbocycles. The highest BCUT2D eigenvalue weighted by Crippen LogP contribution is 2.28. The largest absolute Gasteiger partial charge is 0.317 e. The van der Waals surface area contributed by atoms with Crippen LogP contribution in [-0.4, -0.2) is 42.4 Å². The lowest BCUT2D eigenvalue weighted by atomic mass is 9.92. The molecule has 2 heterocycles. The molecule has 0 aromatic rings. The van der Waals surface area contributed by atoms with E-state index >= 15 is 0 Å². The lowest BCUT2D eigenvalue weighted by Gasteiger charge is -2.35. The molecule has 0 radical (unpaired) electrons. The molecule has 1 N–H and O–H groups in total. The summed E-state index contributed by atoms with van der Waals surface area (Å²) in [6.45, 7) is 3.36. The van der Waals surface area contributed by atoms with E-state index in [1.807, 2.05) is 0 Å².